The van der Waals surface area contributed by atoms with Crippen molar-refractivity contribution in [3.8, 4) is 0 Å². The second-order valence-electron chi connectivity index (χ2n) is 1.33. The molecule has 0 bridgehead atoms. The lowest BCUT2D eigenvalue weighted by atomic mass is 10.7. The quantitative estimate of drug-likeness (QED) is 0.517. The summed E-state index contributed by atoms with van der Waals surface area (Å²) in [5.74, 6) is 0. The summed E-state index contributed by atoms with van der Waals surface area (Å²) in [5.41, 5.74) is 0. The Balaban J connectivity index is 3.52. The minimum atomic E-state index is -2.02. The molecule has 0 spiro atoms. The van der Waals surface area contributed by atoms with Crippen molar-refractivity contribution in [2.45, 2.75) is 13.8 Å². The zero-order valence-electron chi connectivity index (χ0n) is 5.09. The molecule has 0 aromatic rings. The van der Waals surface area contributed by atoms with Crippen LogP contribution in [0.25, 0.3) is 0 Å². The van der Waals surface area contributed by atoms with E-state index in [-0.39, 0.29) is 0 Å². The van der Waals surface area contributed by atoms with Crippen LogP contribution in [0.2, 0.25) is 0 Å². The molecule has 0 aliphatic rings. The first kappa shape index (κ1) is 8.07. The first-order chi connectivity index (χ1) is 3.72. The zero-order chi connectivity index (χ0) is 6.57. The van der Waals surface area contributed by atoms with Crippen LogP contribution in [0.4, 0.5) is 0 Å². The third kappa shape index (κ3) is 2.40. The van der Waals surface area contributed by atoms with Crippen molar-refractivity contribution in [3.63, 3.8) is 0 Å². The van der Waals surface area contributed by atoms with Crippen molar-refractivity contribution < 1.29 is 8.76 Å². The Morgan fingerprint density at radius 1 is 1.50 bits per heavy atom. The maximum Gasteiger partial charge on any atom is 0.0208 e. The summed E-state index contributed by atoms with van der Waals surface area (Å²) >= 11 is -2.02. The van der Waals surface area contributed by atoms with Crippen molar-refractivity contribution in [1.29, 1.82) is 0 Å². The van der Waals surface area contributed by atoms with Gasteiger partial charge in [-0.15, -0.1) is 0 Å². The molecule has 0 aliphatic carbocycles. The van der Waals surface area contributed by atoms with E-state index in [1.54, 1.807) is 13.8 Å². The van der Waals surface area contributed by atoms with Gasteiger partial charge in [-0.25, -0.2) is 4.31 Å². The van der Waals surface area contributed by atoms with Crippen LogP contribution < -0.4 is 0 Å². The third-order valence-corrected chi connectivity index (χ3v) is 1.85. The first-order valence-corrected chi connectivity index (χ1v) is 3.59. The molecule has 50 valence electrons. The molecule has 0 radical (unpaired) electrons. The van der Waals surface area contributed by atoms with E-state index in [9.17, 15) is 8.76 Å². The van der Waals surface area contributed by atoms with E-state index in [1.165, 1.54) is 4.31 Å². The van der Waals surface area contributed by atoms with Gasteiger partial charge in [-0.2, -0.15) is 0 Å². The highest BCUT2D eigenvalue weighted by Gasteiger charge is 1.94. The van der Waals surface area contributed by atoms with Gasteiger partial charge >= 0.3 is 0 Å². The predicted octanol–water partition coefficient (Wildman–Crippen LogP) is 0.122. The van der Waals surface area contributed by atoms with Crippen molar-refractivity contribution in [1.82, 2.24) is 4.31 Å². The minimum absolute atomic E-state index is 0.562. The normalized spacial score (nSPS) is 14.5. The van der Waals surface area contributed by atoms with E-state index in [1.807, 2.05) is 0 Å². The largest absolute Gasteiger partial charge is 0.760 e. The summed E-state index contributed by atoms with van der Waals surface area (Å²) in [4.78, 5) is 0. The Morgan fingerprint density at radius 3 is 1.88 bits per heavy atom. The number of hydrogen-bond donors (Lipinski definition) is 0. The molecule has 0 rings (SSSR count). The average molecular weight is 136 g/mol. The second-order valence-corrected chi connectivity index (χ2v) is 2.28. The molecule has 4 heteroatoms. The minimum Gasteiger partial charge on any atom is -0.760 e. The summed E-state index contributed by atoms with van der Waals surface area (Å²) in [6.45, 7) is 4.73. The smallest absolute Gasteiger partial charge is 0.0208 e. The van der Waals surface area contributed by atoms with E-state index in [2.05, 4.69) is 0 Å². The second kappa shape index (κ2) is 4.00. The zero-order valence-corrected chi connectivity index (χ0v) is 5.90. The first-order valence-electron chi connectivity index (χ1n) is 2.56. The SMILES string of the molecule is CCN(CC)S(=O)[O-]. The summed E-state index contributed by atoms with van der Waals surface area (Å²) in [7, 11) is 0. The highest BCUT2D eigenvalue weighted by molar-refractivity contribution is 7.76. The summed E-state index contributed by atoms with van der Waals surface area (Å²) in [6.07, 6.45) is 0. The van der Waals surface area contributed by atoms with Crippen LogP contribution in [0.1, 0.15) is 13.8 Å². The Morgan fingerprint density at radius 2 is 1.88 bits per heavy atom. The van der Waals surface area contributed by atoms with E-state index in [0.717, 1.165) is 0 Å². The number of rotatable bonds is 3. The maximum absolute atomic E-state index is 10.1. The van der Waals surface area contributed by atoms with Gasteiger partial charge in [-0.05, 0) is 0 Å². The van der Waals surface area contributed by atoms with Crippen LogP contribution in [-0.4, -0.2) is 26.2 Å². The van der Waals surface area contributed by atoms with Gasteiger partial charge in [0.25, 0.3) is 0 Å². The number of nitrogens with zero attached hydrogens (tertiary/aromatic N) is 1. The van der Waals surface area contributed by atoms with Gasteiger partial charge in [-0.3, -0.25) is 4.21 Å². The van der Waals surface area contributed by atoms with Crippen molar-refractivity contribution in [2.75, 3.05) is 13.1 Å². The molecule has 1 atom stereocenters. The summed E-state index contributed by atoms with van der Waals surface area (Å²) < 4.78 is 21.5. The van der Waals surface area contributed by atoms with Crippen LogP contribution in [0.15, 0.2) is 0 Å². The topological polar surface area (TPSA) is 43.4 Å². The van der Waals surface area contributed by atoms with Gasteiger partial charge in [0, 0.05) is 24.4 Å². The molecule has 0 aromatic heterocycles. The van der Waals surface area contributed by atoms with Crippen LogP contribution in [0, 0.1) is 0 Å². The van der Waals surface area contributed by atoms with Crippen LogP contribution >= 0.6 is 0 Å². The lowest BCUT2D eigenvalue weighted by molar-refractivity contribution is 0.414. The van der Waals surface area contributed by atoms with E-state index < -0.39 is 11.3 Å². The molecule has 3 nitrogen and oxygen atoms in total. The highest BCUT2D eigenvalue weighted by Crippen LogP contribution is 1.87. The molecule has 0 saturated heterocycles. The van der Waals surface area contributed by atoms with Gasteiger partial charge < -0.3 is 4.55 Å². The molecule has 0 fully saturated rings. The van der Waals surface area contributed by atoms with E-state index >= 15 is 0 Å². The molecular weight excluding hydrogens is 126 g/mol. The van der Waals surface area contributed by atoms with E-state index in [4.69, 9.17) is 0 Å². The fraction of sp³-hybridized carbons (Fsp3) is 1.00. The van der Waals surface area contributed by atoms with Gasteiger partial charge in [0.1, 0.15) is 0 Å². The van der Waals surface area contributed by atoms with Gasteiger partial charge in [0.2, 0.25) is 0 Å². The molecule has 0 saturated carbocycles. The fourth-order valence-corrected chi connectivity index (χ4v) is 0.856. The summed E-state index contributed by atoms with van der Waals surface area (Å²) in [5, 5.41) is 0. The Labute approximate surface area is 52.1 Å². The van der Waals surface area contributed by atoms with Gasteiger partial charge in [0.05, 0.1) is 0 Å². The van der Waals surface area contributed by atoms with Crippen LogP contribution in [0.5, 0.6) is 0 Å². The Hall–Kier alpha value is 0.0700. The van der Waals surface area contributed by atoms with Gasteiger partial charge in [0.15, 0.2) is 0 Å². The molecule has 0 aromatic carbocycles. The molecule has 0 aliphatic heterocycles. The van der Waals surface area contributed by atoms with Gasteiger partial charge in [-0.1, -0.05) is 13.8 Å². The van der Waals surface area contributed by atoms with Crippen LogP contribution in [0.3, 0.4) is 0 Å². The lowest BCUT2D eigenvalue weighted by Gasteiger charge is -2.19. The van der Waals surface area contributed by atoms with Crippen LogP contribution in [-0.2, 0) is 11.3 Å². The maximum atomic E-state index is 10.1. The monoisotopic (exact) mass is 136 g/mol. The fourth-order valence-electron chi connectivity index (χ4n) is 0.434. The molecule has 8 heavy (non-hydrogen) atoms. The Bertz CT molecular complexity index is 82.1. The van der Waals surface area contributed by atoms with Crippen molar-refractivity contribution in [3.05, 3.63) is 0 Å². The van der Waals surface area contributed by atoms with Crippen molar-refractivity contribution in [2.24, 2.45) is 0 Å². The molecule has 0 amide bonds. The highest BCUT2D eigenvalue weighted by atomic mass is 32.2. The lowest BCUT2D eigenvalue weighted by Crippen LogP contribution is -2.24. The Kier molecular flexibility index (Phi) is 4.03. The average Bonchev–Trinajstić information content (AvgIpc) is 1.69. The molecule has 0 N–H and O–H groups in total. The third-order valence-electron chi connectivity index (χ3n) is 0.916. The number of hydrogen-bond acceptors (Lipinski definition) is 2. The van der Waals surface area contributed by atoms with E-state index in [0.29, 0.717) is 13.1 Å². The standard InChI is InChI=1S/C4H11NO2S/c1-3-5(4-2)8(6)7/h3-4H2,1-2H3,(H,6,7)/p-1. The predicted molar refractivity (Wildman–Crippen MR) is 31.8 cm³/mol. The molecule has 0 heterocycles. The van der Waals surface area contributed by atoms with Crippen molar-refractivity contribution >= 4 is 11.3 Å². The molecule has 1 unspecified atom stereocenters. The summed E-state index contributed by atoms with van der Waals surface area (Å²) in [6, 6.07) is 0. The molecular formula is C4H10NO2S-.